The zero-order valence-corrected chi connectivity index (χ0v) is 17.9. The molecule has 2 rings (SSSR count). The average Bonchev–Trinajstić information content (AvgIpc) is 2.75. The summed E-state index contributed by atoms with van der Waals surface area (Å²) in [4.78, 5) is 12.2. The Morgan fingerprint density at radius 1 is 1.07 bits per heavy atom. The zero-order valence-electron chi connectivity index (χ0n) is 17.9. The number of benzene rings is 2. The molecule has 2 atom stereocenters. The number of rotatable bonds is 12. The molecule has 4 nitrogen and oxygen atoms in total. The predicted molar refractivity (Wildman–Crippen MR) is 113 cm³/mol. The van der Waals surface area contributed by atoms with Gasteiger partial charge in [-0.25, -0.2) is 8.78 Å². The molecule has 0 radical (unpaired) electrons. The fourth-order valence-corrected chi connectivity index (χ4v) is 3.49. The van der Waals surface area contributed by atoms with E-state index < -0.39 is 0 Å². The minimum absolute atomic E-state index is 0.192. The highest BCUT2D eigenvalue weighted by Gasteiger charge is 2.24. The van der Waals surface area contributed by atoms with Crippen LogP contribution in [0.1, 0.15) is 48.5 Å². The van der Waals surface area contributed by atoms with Gasteiger partial charge in [-0.3, -0.25) is 4.79 Å². The van der Waals surface area contributed by atoms with E-state index in [4.69, 9.17) is 9.47 Å². The number of hydrogen-bond acceptors (Lipinski definition) is 4. The number of carbonyl (C=O) groups excluding carboxylic acids is 1. The molecule has 0 heterocycles. The van der Waals surface area contributed by atoms with Gasteiger partial charge in [-0.05, 0) is 67.6 Å². The molecular weight excluding hydrogens is 388 g/mol. The van der Waals surface area contributed by atoms with E-state index >= 15 is 0 Å². The summed E-state index contributed by atoms with van der Waals surface area (Å²) in [5.41, 5.74) is 2.52. The molecule has 0 aliphatic rings. The van der Waals surface area contributed by atoms with Crippen LogP contribution in [0.15, 0.2) is 42.5 Å². The quantitative estimate of drug-likeness (QED) is 0.384. The van der Waals surface area contributed by atoms with Crippen molar-refractivity contribution >= 4 is 5.97 Å². The standard InChI is InChI=1S/C24H31F2NO3/c1-17-14-18(7-12-22(17)26)16-27-13-5-4-6-20(24(28)30-3)15-23(29-2)19-8-10-21(25)11-9-19/h7-12,14,20,23,27H,4-6,13,15-16H2,1-3H3. The highest BCUT2D eigenvalue weighted by molar-refractivity contribution is 5.72. The van der Waals surface area contributed by atoms with Crippen LogP contribution in [0.5, 0.6) is 0 Å². The fourth-order valence-electron chi connectivity index (χ4n) is 3.49. The molecule has 164 valence electrons. The second-order valence-electron chi connectivity index (χ2n) is 7.49. The first-order chi connectivity index (χ1) is 14.4. The molecule has 30 heavy (non-hydrogen) atoms. The maximum atomic E-state index is 13.3. The maximum absolute atomic E-state index is 13.3. The Morgan fingerprint density at radius 3 is 2.43 bits per heavy atom. The maximum Gasteiger partial charge on any atom is 0.308 e. The Hall–Kier alpha value is -2.31. The third kappa shape index (κ3) is 7.50. The van der Waals surface area contributed by atoms with Crippen molar-refractivity contribution in [3.8, 4) is 0 Å². The van der Waals surface area contributed by atoms with Crippen LogP contribution in [0.2, 0.25) is 0 Å². The van der Waals surface area contributed by atoms with Gasteiger partial charge in [-0.1, -0.05) is 30.7 Å². The van der Waals surface area contributed by atoms with Crippen molar-refractivity contribution in [2.75, 3.05) is 20.8 Å². The van der Waals surface area contributed by atoms with Crippen LogP contribution in [-0.2, 0) is 20.8 Å². The number of aryl methyl sites for hydroxylation is 1. The molecule has 0 aliphatic carbocycles. The number of esters is 1. The Morgan fingerprint density at radius 2 is 1.80 bits per heavy atom. The number of unbranched alkanes of at least 4 members (excludes halogenated alkanes) is 1. The van der Waals surface area contributed by atoms with E-state index in [0.29, 0.717) is 24.9 Å². The lowest BCUT2D eigenvalue weighted by atomic mass is 9.92. The number of nitrogens with one attached hydrogen (secondary N) is 1. The van der Waals surface area contributed by atoms with E-state index in [1.54, 1.807) is 32.2 Å². The van der Waals surface area contributed by atoms with Gasteiger partial charge in [-0.2, -0.15) is 0 Å². The summed E-state index contributed by atoms with van der Waals surface area (Å²) < 4.78 is 37.0. The van der Waals surface area contributed by atoms with Crippen LogP contribution >= 0.6 is 0 Å². The topological polar surface area (TPSA) is 47.6 Å². The Bertz CT molecular complexity index is 796. The molecule has 0 saturated carbocycles. The summed E-state index contributed by atoms with van der Waals surface area (Å²) >= 11 is 0. The van der Waals surface area contributed by atoms with Crippen LogP contribution < -0.4 is 5.32 Å². The van der Waals surface area contributed by atoms with Crippen molar-refractivity contribution in [3.05, 3.63) is 70.8 Å². The summed E-state index contributed by atoms with van der Waals surface area (Å²) in [6, 6.07) is 11.3. The Kier molecular flexibility index (Phi) is 9.91. The Balaban J connectivity index is 1.79. The van der Waals surface area contributed by atoms with Crippen molar-refractivity contribution in [1.29, 1.82) is 0 Å². The Labute approximate surface area is 177 Å². The van der Waals surface area contributed by atoms with Gasteiger partial charge in [0.15, 0.2) is 0 Å². The molecule has 1 N–H and O–H groups in total. The van der Waals surface area contributed by atoms with E-state index in [0.717, 1.165) is 30.5 Å². The molecule has 0 aromatic heterocycles. The molecular formula is C24H31F2NO3. The molecule has 2 unspecified atom stereocenters. The third-order valence-electron chi connectivity index (χ3n) is 5.27. The summed E-state index contributed by atoms with van der Waals surface area (Å²) in [7, 11) is 2.98. The van der Waals surface area contributed by atoms with Gasteiger partial charge >= 0.3 is 5.97 Å². The molecule has 2 aromatic carbocycles. The first-order valence-corrected chi connectivity index (χ1v) is 10.3. The van der Waals surface area contributed by atoms with E-state index in [2.05, 4.69) is 5.32 Å². The van der Waals surface area contributed by atoms with Crippen molar-refractivity contribution in [1.82, 2.24) is 5.32 Å². The lowest BCUT2D eigenvalue weighted by molar-refractivity contribution is -0.147. The summed E-state index contributed by atoms with van der Waals surface area (Å²) in [6.07, 6.45) is 2.63. The zero-order chi connectivity index (χ0) is 21.9. The van der Waals surface area contributed by atoms with Crippen LogP contribution in [0, 0.1) is 24.5 Å². The predicted octanol–water partition coefficient (Wildman–Crippen LogP) is 5.10. The molecule has 0 aliphatic heterocycles. The summed E-state index contributed by atoms with van der Waals surface area (Å²) in [5.74, 6) is -1.04. The van der Waals surface area contributed by atoms with Gasteiger partial charge in [0, 0.05) is 13.7 Å². The molecule has 0 amide bonds. The van der Waals surface area contributed by atoms with Crippen molar-refractivity contribution in [2.24, 2.45) is 5.92 Å². The van der Waals surface area contributed by atoms with E-state index in [9.17, 15) is 13.6 Å². The van der Waals surface area contributed by atoms with Gasteiger partial charge in [0.05, 0.1) is 19.1 Å². The first kappa shape index (κ1) is 24.0. The smallest absolute Gasteiger partial charge is 0.308 e. The van der Waals surface area contributed by atoms with Crippen molar-refractivity contribution < 1.29 is 23.0 Å². The summed E-state index contributed by atoms with van der Waals surface area (Å²) in [5, 5.41) is 3.35. The molecule has 0 saturated heterocycles. The van der Waals surface area contributed by atoms with E-state index in [1.807, 2.05) is 6.07 Å². The van der Waals surface area contributed by atoms with Gasteiger partial charge in [-0.15, -0.1) is 0 Å². The lowest BCUT2D eigenvalue weighted by Crippen LogP contribution is -2.21. The van der Waals surface area contributed by atoms with Crippen LogP contribution in [0.25, 0.3) is 0 Å². The number of halogens is 2. The van der Waals surface area contributed by atoms with Crippen LogP contribution in [-0.4, -0.2) is 26.7 Å². The monoisotopic (exact) mass is 419 g/mol. The SMILES string of the molecule is COC(=O)C(CCCCNCc1ccc(F)c(C)c1)CC(OC)c1ccc(F)cc1. The molecule has 0 fully saturated rings. The largest absolute Gasteiger partial charge is 0.469 e. The number of carbonyl (C=O) groups is 1. The normalized spacial score (nSPS) is 13.1. The average molecular weight is 420 g/mol. The number of methoxy groups -OCH3 is 2. The molecule has 6 heteroatoms. The highest BCUT2D eigenvalue weighted by atomic mass is 19.1. The molecule has 0 spiro atoms. The second kappa shape index (κ2) is 12.4. The fraction of sp³-hybridized carbons (Fsp3) is 0.458. The third-order valence-corrected chi connectivity index (χ3v) is 5.27. The summed E-state index contributed by atoms with van der Waals surface area (Å²) in [6.45, 7) is 3.23. The minimum Gasteiger partial charge on any atom is -0.469 e. The molecule has 2 aromatic rings. The first-order valence-electron chi connectivity index (χ1n) is 10.3. The van der Waals surface area contributed by atoms with Crippen LogP contribution in [0.4, 0.5) is 8.78 Å². The van der Waals surface area contributed by atoms with Crippen molar-refractivity contribution in [2.45, 2.75) is 45.3 Å². The van der Waals surface area contributed by atoms with E-state index in [1.165, 1.54) is 25.3 Å². The van der Waals surface area contributed by atoms with E-state index in [-0.39, 0.29) is 29.6 Å². The lowest BCUT2D eigenvalue weighted by Gasteiger charge is -2.21. The van der Waals surface area contributed by atoms with Gasteiger partial charge in [0.25, 0.3) is 0 Å². The number of hydrogen-bond donors (Lipinski definition) is 1. The highest BCUT2D eigenvalue weighted by Crippen LogP contribution is 2.28. The van der Waals surface area contributed by atoms with Gasteiger partial charge < -0.3 is 14.8 Å². The van der Waals surface area contributed by atoms with Crippen LogP contribution in [0.3, 0.4) is 0 Å². The van der Waals surface area contributed by atoms with Gasteiger partial charge in [0.2, 0.25) is 0 Å². The second-order valence-corrected chi connectivity index (χ2v) is 7.49. The van der Waals surface area contributed by atoms with Crippen molar-refractivity contribution in [3.63, 3.8) is 0 Å². The number of ether oxygens (including phenoxy) is 2. The molecule has 0 bridgehead atoms. The minimum atomic E-state index is -0.304. The van der Waals surface area contributed by atoms with Gasteiger partial charge in [0.1, 0.15) is 11.6 Å².